The number of aromatic nitrogens is 3. The zero-order chi connectivity index (χ0) is 8.97. The van der Waals surface area contributed by atoms with E-state index in [-0.39, 0.29) is 6.04 Å². The van der Waals surface area contributed by atoms with E-state index in [1.807, 2.05) is 6.92 Å². The molecule has 12 heavy (non-hydrogen) atoms. The van der Waals surface area contributed by atoms with Gasteiger partial charge < -0.3 is 5.73 Å². The van der Waals surface area contributed by atoms with E-state index in [1.54, 1.807) is 0 Å². The van der Waals surface area contributed by atoms with Crippen molar-refractivity contribution >= 4 is 0 Å². The van der Waals surface area contributed by atoms with Crippen molar-refractivity contribution in [2.75, 3.05) is 0 Å². The van der Waals surface area contributed by atoms with Gasteiger partial charge in [0.1, 0.15) is 5.82 Å². The molecule has 0 amide bonds. The van der Waals surface area contributed by atoms with Gasteiger partial charge in [0.2, 0.25) is 0 Å². The van der Waals surface area contributed by atoms with Gasteiger partial charge in [-0.25, -0.2) is 4.98 Å². The van der Waals surface area contributed by atoms with Gasteiger partial charge in [-0.15, -0.1) is 0 Å². The van der Waals surface area contributed by atoms with Gasteiger partial charge in [0.15, 0.2) is 5.82 Å². The summed E-state index contributed by atoms with van der Waals surface area (Å²) in [5.74, 6) is 1.57. The predicted molar refractivity (Wildman–Crippen MR) is 47.6 cm³/mol. The number of nitrogens with one attached hydrogen (secondary N) is 1. The van der Waals surface area contributed by atoms with Crippen molar-refractivity contribution in [1.82, 2.24) is 15.2 Å². The van der Waals surface area contributed by atoms with Crippen molar-refractivity contribution < 1.29 is 0 Å². The molecule has 0 fully saturated rings. The molecule has 4 nitrogen and oxygen atoms in total. The summed E-state index contributed by atoms with van der Waals surface area (Å²) in [6.45, 7) is 4.03. The SMILES string of the molecule is CCCCC(N)c1n[nH]c(C)n1. The highest BCUT2D eigenvalue weighted by Crippen LogP contribution is 2.11. The molecular weight excluding hydrogens is 152 g/mol. The Morgan fingerprint density at radius 3 is 2.83 bits per heavy atom. The van der Waals surface area contributed by atoms with E-state index >= 15 is 0 Å². The largest absolute Gasteiger partial charge is 0.321 e. The molecule has 0 aliphatic heterocycles. The number of hydrogen-bond donors (Lipinski definition) is 2. The standard InChI is InChI=1S/C8H16N4/c1-3-4-5-7(9)8-10-6(2)11-12-8/h7H,3-5,9H2,1-2H3,(H,10,11,12). The second kappa shape index (κ2) is 4.21. The Morgan fingerprint density at radius 2 is 2.33 bits per heavy atom. The van der Waals surface area contributed by atoms with Gasteiger partial charge in [0, 0.05) is 0 Å². The average Bonchev–Trinajstić information content (AvgIpc) is 2.47. The maximum atomic E-state index is 5.85. The van der Waals surface area contributed by atoms with E-state index in [9.17, 15) is 0 Å². The second-order valence-corrected chi connectivity index (χ2v) is 3.03. The van der Waals surface area contributed by atoms with Gasteiger partial charge in [-0.3, -0.25) is 5.10 Å². The van der Waals surface area contributed by atoms with Crippen LogP contribution >= 0.6 is 0 Å². The van der Waals surface area contributed by atoms with Crippen molar-refractivity contribution in [3.8, 4) is 0 Å². The lowest BCUT2D eigenvalue weighted by Gasteiger charge is -2.04. The maximum absolute atomic E-state index is 5.85. The molecule has 68 valence electrons. The number of rotatable bonds is 4. The molecule has 0 aliphatic rings. The van der Waals surface area contributed by atoms with Crippen molar-refractivity contribution in [3.05, 3.63) is 11.6 Å². The first kappa shape index (κ1) is 9.19. The second-order valence-electron chi connectivity index (χ2n) is 3.03. The van der Waals surface area contributed by atoms with Gasteiger partial charge in [-0.2, -0.15) is 5.10 Å². The van der Waals surface area contributed by atoms with Gasteiger partial charge >= 0.3 is 0 Å². The molecule has 0 bridgehead atoms. The minimum atomic E-state index is -0.00472. The molecular formula is C8H16N4. The van der Waals surface area contributed by atoms with E-state index in [1.165, 1.54) is 0 Å². The molecule has 1 aromatic rings. The van der Waals surface area contributed by atoms with E-state index in [0.29, 0.717) is 0 Å². The van der Waals surface area contributed by atoms with Gasteiger partial charge in [0.25, 0.3) is 0 Å². The lowest BCUT2D eigenvalue weighted by atomic mass is 10.1. The summed E-state index contributed by atoms with van der Waals surface area (Å²) in [5.41, 5.74) is 5.85. The van der Waals surface area contributed by atoms with E-state index in [4.69, 9.17) is 5.73 Å². The number of unbranched alkanes of at least 4 members (excludes halogenated alkanes) is 1. The van der Waals surface area contributed by atoms with Crippen molar-refractivity contribution in [1.29, 1.82) is 0 Å². The van der Waals surface area contributed by atoms with Crippen LogP contribution in [-0.2, 0) is 0 Å². The maximum Gasteiger partial charge on any atom is 0.167 e. The number of nitrogens with zero attached hydrogens (tertiary/aromatic N) is 2. The van der Waals surface area contributed by atoms with Crippen LogP contribution in [0.25, 0.3) is 0 Å². The van der Waals surface area contributed by atoms with Crippen LogP contribution in [0.3, 0.4) is 0 Å². The molecule has 1 unspecified atom stereocenters. The Morgan fingerprint density at radius 1 is 1.58 bits per heavy atom. The summed E-state index contributed by atoms with van der Waals surface area (Å²) in [6, 6.07) is -0.00472. The highest BCUT2D eigenvalue weighted by atomic mass is 15.2. The lowest BCUT2D eigenvalue weighted by molar-refractivity contribution is 0.577. The third-order valence-corrected chi connectivity index (χ3v) is 1.81. The van der Waals surface area contributed by atoms with Gasteiger partial charge in [-0.1, -0.05) is 19.8 Å². The minimum absolute atomic E-state index is 0.00472. The molecule has 1 rings (SSSR count). The van der Waals surface area contributed by atoms with Crippen LogP contribution in [0.15, 0.2) is 0 Å². The minimum Gasteiger partial charge on any atom is -0.321 e. The molecule has 4 heteroatoms. The molecule has 0 spiro atoms. The Hall–Kier alpha value is -0.900. The number of H-pyrrole nitrogens is 1. The molecule has 0 saturated carbocycles. The van der Waals surface area contributed by atoms with Gasteiger partial charge in [0.05, 0.1) is 6.04 Å². The summed E-state index contributed by atoms with van der Waals surface area (Å²) < 4.78 is 0. The highest BCUT2D eigenvalue weighted by molar-refractivity contribution is 4.93. The Bertz CT molecular complexity index is 231. The lowest BCUT2D eigenvalue weighted by Crippen LogP contribution is -2.11. The van der Waals surface area contributed by atoms with E-state index in [0.717, 1.165) is 30.9 Å². The monoisotopic (exact) mass is 168 g/mol. The predicted octanol–water partition coefficient (Wildman–Crippen LogP) is 1.30. The number of aryl methyl sites for hydroxylation is 1. The third kappa shape index (κ3) is 2.30. The van der Waals surface area contributed by atoms with Crippen molar-refractivity contribution in [2.24, 2.45) is 5.73 Å². The zero-order valence-electron chi connectivity index (χ0n) is 7.67. The summed E-state index contributed by atoms with van der Waals surface area (Å²) in [6.07, 6.45) is 3.26. The smallest absolute Gasteiger partial charge is 0.167 e. The van der Waals surface area contributed by atoms with Crippen LogP contribution in [0.4, 0.5) is 0 Å². The first-order valence-corrected chi connectivity index (χ1v) is 4.38. The number of nitrogens with two attached hydrogens (primary N) is 1. The zero-order valence-corrected chi connectivity index (χ0v) is 7.67. The number of aromatic amines is 1. The fraction of sp³-hybridized carbons (Fsp3) is 0.750. The number of hydrogen-bond acceptors (Lipinski definition) is 3. The molecule has 0 radical (unpaired) electrons. The normalized spacial score (nSPS) is 13.2. The highest BCUT2D eigenvalue weighted by Gasteiger charge is 2.09. The van der Waals surface area contributed by atoms with Gasteiger partial charge in [-0.05, 0) is 13.3 Å². The molecule has 1 heterocycles. The summed E-state index contributed by atoms with van der Waals surface area (Å²) in [5, 5.41) is 6.79. The van der Waals surface area contributed by atoms with Crippen molar-refractivity contribution in [2.45, 2.75) is 39.2 Å². The average molecular weight is 168 g/mol. The topological polar surface area (TPSA) is 67.6 Å². The van der Waals surface area contributed by atoms with Crippen LogP contribution in [-0.4, -0.2) is 15.2 Å². The Balaban J connectivity index is 2.47. The summed E-state index contributed by atoms with van der Waals surface area (Å²) >= 11 is 0. The summed E-state index contributed by atoms with van der Waals surface area (Å²) in [4.78, 5) is 4.17. The molecule has 0 aromatic carbocycles. The van der Waals surface area contributed by atoms with E-state index in [2.05, 4.69) is 22.1 Å². The molecule has 0 aliphatic carbocycles. The van der Waals surface area contributed by atoms with Crippen LogP contribution < -0.4 is 5.73 Å². The first-order valence-electron chi connectivity index (χ1n) is 4.38. The quantitative estimate of drug-likeness (QED) is 0.712. The van der Waals surface area contributed by atoms with Crippen LogP contribution in [0.1, 0.15) is 43.9 Å². The summed E-state index contributed by atoms with van der Waals surface area (Å²) in [7, 11) is 0. The molecule has 1 atom stereocenters. The van der Waals surface area contributed by atoms with Crippen molar-refractivity contribution in [3.63, 3.8) is 0 Å². The molecule has 0 saturated heterocycles. The fourth-order valence-electron chi connectivity index (χ4n) is 1.08. The van der Waals surface area contributed by atoms with Crippen LogP contribution in [0.2, 0.25) is 0 Å². The molecule has 1 aromatic heterocycles. The van der Waals surface area contributed by atoms with Crippen LogP contribution in [0.5, 0.6) is 0 Å². The van der Waals surface area contributed by atoms with Crippen LogP contribution in [0, 0.1) is 6.92 Å². The molecule has 3 N–H and O–H groups in total. The Kier molecular flexibility index (Phi) is 3.22. The third-order valence-electron chi connectivity index (χ3n) is 1.81. The first-order chi connectivity index (χ1) is 5.74. The fourth-order valence-corrected chi connectivity index (χ4v) is 1.08. The Labute approximate surface area is 72.6 Å². The van der Waals surface area contributed by atoms with E-state index < -0.39 is 0 Å².